The van der Waals surface area contributed by atoms with Crippen LogP contribution in [0.1, 0.15) is 34.8 Å². The number of halogens is 1. The second-order valence-electron chi connectivity index (χ2n) is 7.99. The third-order valence-corrected chi connectivity index (χ3v) is 6.80. The van der Waals surface area contributed by atoms with Gasteiger partial charge in [0.05, 0.1) is 28.6 Å². The van der Waals surface area contributed by atoms with Crippen molar-refractivity contribution >= 4 is 32.4 Å². The minimum atomic E-state index is -0.266. The molecule has 160 valence electrons. The van der Waals surface area contributed by atoms with Gasteiger partial charge in [0, 0.05) is 38.0 Å². The number of imidazole rings is 1. The van der Waals surface area contributed by atoms with Crippen molar-refractivity contribution in [3.63, 3.8) is 0 Å². The largest absolute Gasteiger partial charge is 0.496 e. The van der Waals surface area contributed by atoms with E-state index in [1.54, 1.807) is 27.3 Å². The Kier molecular flexibility index (Phi) is 4.91. The molecule has 0 bridgehead atoms. The Balaban J connectivity index is 1.57. The van der Waals surface area contributed by atoms with Crippen LogP contribution in [0.2, 0.25) is 0 Å². The van der Waals surface area contributed by atoms with Crippen molar-refractivity contribution in [2.45, 2.75) is 18.9 Å². The maximum atomic E-state index is 14.9. The highest BCUT2D eigenvalue weighted by atomic mass is 32.1. The summed E-state index contributed by atoms with van der Waals surface area (Å²) in [6.07, 6.45) is 3.99. The first-order chi connectivity index (χ1) is 15.0. The van der Waals surface area contributed by atoms with Gasteiger partial charge < -0.3 is 15.0 Å². The smallest absolute Gasteiger partial charge is 0.257 e. The summed E-state index contributed by atoms with van der Waals surface area (Å²) in [5.41, 5.74) is 3.43. The standard InChI is InChI=1S/C23H23FN4O2S/c1-27(2)22(29)15-10-21-19(11-20(15)30-3)28-12-18(26-23(28)31-21)14-7-6-13(9-16(14)24)17-5-4-8-25-17/h6-7,9-12,17,25H,4-5,8H2,1-3H3. The predicted octanol–water partition coefficient (Wildman–Crippen LogP) is 4.49. The third-order valence-electron chi connectivity index (χ3n) is 5.78. The van der Waals surface area contributed by atoms with E-state index in [0.717, 1.165) is 40.1 Å². The van der Waals surface area contributed by atoms with E-state index < -0.39 is 0 Å². The molecule has 31 heavy (non-hydrogen) atoms. The molecule has 5 rings (SSSR count). The molecule has 1 atom stereocenters. The van der Waals surface area contributed by atoms with Gasteiger partial charge in [0.2, 0.25) is 0 Å². The lowest BCUT2D eigenvalue weighted by atomic mass is 10.0. The van der Waals surface area contributed by atoms with E-state index in [9.17, 15) is 9.18 Å². The summed E-state index contributed by atoms with van der Waals surface area (Å²) in [6.45, 7) is 0.976. The Morgan fingerprint density at radius 2 is 2.16 bits per heavy atom. The number of rotatable bonds is 4. The highest BCUT2D eigenvalue weighted by Gasteiger charge is 2.21. The van der Waals surface area contributed by atoms with Crippen LogP contribution < -0.4 is 10.1 Å². The molecule has 2 aromatic carbocycles. The monoisotopic (exact) mass is 438 g/mol. The molecule has 1 amide bonds. The van der Waals surface area contributed by atoms with E-state index in [-0.39, 0.29) is 17.8 Å². The van der Waals surface area contributed by atoms with Gasteiger partial charge in [-0.25, -0.2) is 9.37 Å². The Morgan fingerprint density at radius 1 is 1.32 bits per heavy atom. The van der Waals surface area contributed by atoms with Crippen LogP contribution in [0.5, 0.6) is 5.75 Å². The van der Waals surface area contributed by atoms with Gasteiger partial charge in [0.25, 0.3) is 5.91 Å². The first kappa shape index (κ1) is 20.0. The van der Waals surface area contributed by atoms with Crippen molar-refractivity contribution in [1.29, 1.82) is 0 Å². The van der Waals surface area contributed by atoms with Crippen molar-refractivity contribution < 1.29 is 13.9 Å². The summed E-state index contributed by atoms with van der Waals surface area (Å²) in [6, 6.07) is 9.31. The number of ether oxygens (including phenoxy) is 1. The van der Waals surface area contributed by atoms with E-state index in [1.165, 1.54) is 16.2 Å². The minimum Gasteiger partial charge on any atom is -0.496 e. The van der Waals surface area contributed by atoms with Crippen molar-refractivity contribution in [2.75, 3.05) is 27.7 Å². The number of thiazole rings is 1. The maximum Gasteiger partial charge on any atom is 0.257 e. The second-order valence-corrected chi connectivity index (χ2v) is 9.00. The lowest BCUT2D eigenvalue weighted by Crippen LogP contribution is -2.22. The average molecular weight is 439 g/mol. The summed E-state index contributed by atoms with van der Waals surface area (Å²) in [7, 11) is 4.97. The highest BCUT2D eigenvalue weighted by Crippen LogP contribution is 2.35. The number of benzene rings is 2. The molecule has 4 aromatic rings. The van der Waals surface area contributed by atoms with E-state index in [2.05, 4.69) is 10.3 Å². The molecular weight excluding hydrogens is 415 g/mol. The highest BCUT2D eigenvalue weighted by molar-refractivity contribution is 7.23. The summed E-state index contributed by atoms with van der Waals surface area (Å²) in [5, 5.41) is 3.40. The van der Waals surface area contributed by atoms with Gasteiger partial charge in [0.1, 0.15) is 11.6 Å². The fourth-order valence-electron chi connectivity index (χ4n) is 4.16. The quantitative estimate of drug-likeness (QED) is 0.510. The van der Waals surface area contributed by atoms with E-state index in [1.807, 2.05) is 34.9 Å². The summed E-state index contributed by atoms with van der Waals surface area (Å²) >= 11 is 1.46. The van der Waals surface area contributed by atoms with Crippen molar-refractivity contribution in [2.24, 2.45) is 0 Å². The number of nitrogens with zero attached hydrogens (tertiary/aromatic N) is 3. The fraction of sp³-hybridized carbons (Fsp3) is 0.304. The Hall–Kier alpha value is -2.97. The molecule has 0 spiro atoms. The number of fused-ring (bicyclic) bond motifs is 3. The first-order valence-corrected chi connectivity index (χ1v) is 11.0. The molecule has 0 aliphatic carbocycles. The Morgan fingerprint density at radius 3 is 2.84 bits per heavy atom. The lowest BCUT2D eigenvalue weighted by Gasteiger charge is -2.13. The van der Waals surface area contributed by atoms with Crippen LogP contribution in [-0.2, 0) is 0 Å². The molecule has 1 aliphatic rings. The second kappa shape index (κ2) is 7.62. The van der Waals surface area contributed by atoms with Gasteiger partial charge in [-0.15, -0.1) is 0 Å². The zero-order chi connectivity index (χ0) is 21.7. The van der Waals surface area contributed by atoms with E-state index in [4.69, 9.17) is 4.74 Å². The van der Waals surface area contributed by atoms with Crippen LogP contribution in [0.15, 0.2) is 36.5 Å². The van der Waals surface area contributed by atoms with E-state index in [0.29, 0.717) is 22.6 Å². The number of hydrogen-bond acceptors (Lipinski definition) is 5. The number of methoxy groups -OCH3 is 1. The van der Waals surface area contributed by atoms with Crippen LogP contribution in [0, 0.1) is 5.82 Å². The molecule has 1 fully saturated rings. The van der Waals surface area contributed by atoms with Crippen LogP contribution in [0.3, 0.4) is 0 Å². The maximum absolute atomic E-state index is 14.9. The van der Waals surface area contributed by atoms with Gasteiger partial charge in [-0.3, -0.25) is 9.20 Å². The average Bonchev–Trinajstić information content (AvgIpc) is 3.48. The number of nitrogens with one attached hydrogen (secondary N) is 1. The number of hydrogen-bond donors (Lipinski definition) is 1. The van der Waals surface area contributed by atoms with Crippen molar-refractivity contribution in [3.05, 3.63) is 53.5 Å². The molecular formula is C23H23FN4O2S. The van der Waals surface area contributed by atoms with Crippen LogP contribution >= 0.6 is 11.3 Å². The lowest BCUT2D eigenvalue weighted by molar-refractivity contribution is 0.0824. The molecule has 8 heteroatoms. The van der Waals surface area contributed by atoms with Gasteiger partial charge in [-0.2, -0.15) is 0 Å². The van der Waals surface area contributed by atoms with Crippen molar-refractivity contribution in [1.82, 2.24) is 19.6 Å². The van der Waals surface area contributed by atoms with Crippen molar-refractivity contribution in [3.8, 4) is 17.0 Å². The van der Waals surface area contributed by atoms with Crippen LogP contribution in [0.25, 0.3) is 26.4 Å². The normalized spacial score (nSPS) is 16.3. The Bertz CT molecular complexity index is 1300. The molecule has 6 nitrogen and oxygen atoms in total. The molecule has 1 unspecified atom stereocenters. The molecule has 1 saturated heterocycles. The molecule has 0 saturated carbocycles. The number of aromatic nitrogens is 2. The van der Waals surface area contributed by atoms with E-state index >= 15 is 0 Å². The summed E-state index contributed by atoms with van der Waals surface area (Å²) in [4.78, 5) is 19.4. The zero-order valence-electron chi connectivity index (χ0n) is 17.6. The van der Waals surface area contributed by atoms with Crippen LogP contribution in [-0.4, -0.2) is 47.9 Å². The molecule has 2 aromatic heterocycles. The topological polar surface area (TPSA) is 58.9 Å². The molecule has 1 N–H and O–H groups in total. The van der Waals surface area contributed by atoms with Gasteiger partial charge in [-0.05, 0) is 43.1 Å². The molecule has 0 radical (unpaired) electrons. The first-order valence-electron chi connectivity index (χ1n) is 10.2. The third kappa shape index (κ3) is 3.36. The molecule has 3 heterocycles. The predicted molar refractivity (Wildman–Crippen MR) is 121 cm³/mol. The fourth-order valence-corrected chi connectivity index (χ4v) is 5.19. The van der Waals surface area contributed by atoms with Crippen LogP contribution in [0.4, 0.5) is 4.39 Å². The SMILES string of the molecule is COc1cc2c(cc1C(=O)N(C)C)sc1nc(-c3ccc(C4CCCN4)cc3F)cn12. The number of amides is 1. The van der Waals surface area contributed by atoms with Gasteiger partial charge >= 0.3 is 0 Å². The van der Waals surface area contributed by atoms with Gasteiger partial charge in [-0.1, -0.05) is 17.4 Å². The summed E-state index contributed by atoms with van der Waals surface area (Å²) in [5.74, 6) is 0.114. The molecule has 1 aliphatic heterocycles. The zero-order valence-corrected chi connectivity index (χ0v) is 18.4. The number of carbonyl (C=O) groups excluding carboxylic acids is 1. The minimum absolute atomic E-state index is 0.121. The van der Waals surface area contributed by atoms with Gasteiger partial charge in [0.15, 0.2) is 4.96 Å². The summed E-state index contributed by atoms with van der Waals surface area (Å²) < 4.78 is 23.3. The Labute approximate surface area is 183 Å². The number of carbonyl (C=O) groups is 1.